The van der Waals surface area contributed by atoms with Crippen molar-refractivity contribution in [3.8, 4) is 0 Å². The van der Waals surface area contributed by atoms with Gasteiger partial charge < -0.3 is 10.4 Å². The van der Waals surface area contributed by atoms with Gasteiger partial charge in [0.1, 0.15) is 0 Å². The van der Waals surface area contributed by atoms with Gasteiger partial charge in [0.2, 0.25) is 5.91 Å². The van der Waals surface area contributed by atoms with Crippen LogP contribution in [0.4, 0.5) is 0 Å². The lowest BCUT2D eigenvalue weighted by atomic mass is 9.67. The van der Waals surface area contributed by atoms with Crippen molar-refractivity contribution in [2.45, 2.75) is 25.8 Å². The van der Waals surface area contributed by atoms with Gasteiger partial charge in [0.15, 0.2) is 0 Å². The van der Waals surface area contributed by atoms with Crippen LogP contribution in [0.25, 0.3) is 0 Å². The van der Waals surface area contributed by atoms with Crippen LogP contribution in [0.5, 0.6) is 0 Å². The minimum absolute atomic E-state index is 0.0243. The number of amides is 1. The Morgan fingerprint density at radius 2 is 2.06 bits per heavy atom. The van der Waals surface area contributed by atoms with Crippen LogP contribution in [0.3, 0.4) is 0 Å². The van der Waals surface area contributed by atoms with E-state index in [0.29, 0.717) is 12.5 Å². The summed E-state index contributed by atoms with van der Waals surface area (Å²) in [7, 11) is 0. The molecule has 0 radical (unpaired) electrons. The van der Waals surface area contributed by atoms with Crippen LogP contribution >= 0.6 is 0 Å². The molecule has 0 saturated heterocycles. The molecule has 3 fully saturated rings. The van der Waals surface area contributed by atoms with Gasteiger partial charge in [0.25, 0.3) is 0 Å². The van der Waals surface area contributed by atoms with Crippen molar-refractivity contribution < 1.29 is 9.90 Å². The van der Waals surface area contributed by atoms with Gasteiger partial charge in [-0.05, 0) is 30.7 Å². The molecule has 0 aliphatic heterocycles. The van der Waals surface area contributed by atoms with Gasteiger partial charge in [-0.25, -0.2) is 0 Å². The zero-order valence-corrected chi connectivity index (χ0v) is 10.4. The largest absolute Gasteiger partial charge is 0.396 e. The van der Waals surface area contributed by atoms with E-state index >= 15 is 0 Å². The molecule has 1 unspecified atom stereocenters. The molecule has 0 spiro atoms. The lowest BCUT2D eigenvalue weighted by Gasteiger charge is -2.39. The molecule has 3 saturated carbocycles. The van der Waals surface area contributed by atoms with Crippen LogP contribution in [-0.2, 0) is 11.3 Å². The number of aliphatic hydroxyl groups is 1. The Bertz CT molecular complexity index is 437. The number of hydrogen-bond donors (Lipinski definition) is 2. The Morgan fingerprint density at radius 1 is 1.33 bits per heavy atom. The monoisotopic (exact) mass is 245 g/mol. The normalized spacial score (nSPS) is 32.9. The summed E-state index contributed by atoms with van der Waals surface area (Å²) in [6.07, 6.45) is 3.03. The number of aliphatic hydroxyl groups excluding tert-OH is 1. The number of carbonyl (C=O) groups excluding carboxylic acids is 1. The Morgan fingerprint density at radius 3 is 2.72 bits per heavy atom. The van der Waals surface area contributed by atoms with E-state index in [1.165, 1.54) is 0 Å². The molecule has 3 nitrogen and oxygen atoms in total. The first-order valence-corrected chi connectivity index (χ1v) is 6.66. The summed E-state index contributed by atoms with van der Waals surface area (Å²) in [5, 5.41) is 12.5. The maximum atomic E-state index is 12.2. The number of carbonyl (C=O) groups is 1. The third kappa shape index (κ3) is 1.83. The first-order valence-electron chi connectivity index (χ1n) is 6.66. The van der Waals surface area contributed by atoms with E-state index < -0.39 is 0 Å². The summed E-state index contributed by atoms with van der Waals surface area (Å²) in [5.41, 5.74) is 1.03. The second-order valence-electron chi connectivity index (χ2n) is 5.79. The summed E-state index contributed by atoms with van der Waals surface area (Å²) < 4.78 is 0. The highest BCUT2D eigenvalue weighted by molar-refractivity contribution is 5.80. The number of hydrogen-bond acceptors (Lipinski definition) is 2. The van der Waals surface area contributed by atoms with Gasteiger partial charge in [0.05, 0.1) is 0 Å². The van der Waals surface area contributed by atoms with Gasteiger partial charge in [-0.15, -0.1) is 0 Å². The Labute approximate surface area is 107 Å². The molecule has 3 aliphatic carbocycles. The summed E-state index contributed by atoms with van der Waals surface area (Å²) in [4.78, 5) is 12.2. The van der Waals surface area contributed by atoms with E-state index in [-0.39, 0.29) is 23.8 Å². The molecule has 1 amide bonds. The van der Waals surface area contributed by atoms with Crippen molar-refractivity contribution in [2.24, 2.45) is 17.3 Å². The van der Waals surface area contributed by atoms with Gasteiger partial charge >= 0.3 is 0 Å². The minimum Gasteiger partial charge on any atom is -0.396 e. The molecule has 3 aliphatic rings. The molecule has 1 aromatic carbocycles. The SMILES string of the molecule is O=C(NCc1ccccc1)C1CC2CC1(CO)C2. The molecule has 18 heavy (non-hydrogen) atoms. The van der Waals surface area contributed by atoms with Crippen LogP contribution in [0, 0.1) is 17.3 Å². The average Bonchev–Trinajstić information content (AvgIpc) is 2.92. The number of nitrogens with one attached hydrogen (secondary N) is 1. The zero-order valence-electron chi connectivity index (χ0n) is 10.4. The molecule has 1 atom stereocenters. The molecule has 2 N–H and O–H groups in total. The fraction of sp³-hybridized carbons (Fsp3) is 0.533. The topological polar surface area (TPSA) is 49.3 Å². The van der Waals surface area contributed by atoms with Crippen LogP contribution in [0.1, 0.15) is 24.8 Å². The Kier molecular flexibility index (Phi) is 2.86. The Hall–Kier alpha value is -1.35. The van der Waals surface area contributed by atoms with Crippen molar-refractivity contribution in [3.05, 3.63) is 35.9 Å². The van der Waals surface area contributed by atoms with E-state index in [9.17, 15) is 9.90 Å². The second kappa shape index (κ2) is 4.39. The van der Waals surface area contributed by atoms with E-state index in [1.54, 1.807) is 0 Å². The molecule has 0 aromatic heterocycles. The molecular weight excluding hydrogens is 226 g/mol. The summed E-state index contributed by atoms with van der Waals surface area (Å²) >= 11 is 0. The van der Waals surface area contributed by atoms with E-state index in [4.69, 9.17) is 0 Å². The Balaban J connectivity index is 1.59. The maximum Gasteiger partial charge on any atom is 0.224 e. The molecule has 1 aromatic rings. The zero-order chi connectivity index (χ0) is 12.6. The molecule has 0 heterocycles. The standard InChI is InChI=1S/C15H19NO2/c17-10-15-7-12(8-15)6-13(15)14(18)16-9-11-4-2-1-3-5-11/h1-5,12-13,17H,6-10H2,(H,16,18). The number of benzene rings is 1. The van der Waals surface area contributed by atoms with E-state index in [0.717, 1.165) is 24.8 Å². The highest BCUT2D eigenvalue weighted by atomic mass is 16.3. The van der Waals surface area contributed by atoms with Gasteiger partial charge in [-0.2, -0.15) is 0 Å². The molecular formula is C15H19NO2. The fourth-order valence-corrected chi connectivity index (χ4v) is 3.66. The number of rotatable bonds is 4. The molecule has 96 valence electrons. The summed E-state index contributed by atoms with van der Waals surface area (Å²) in [6.45, 7) is 0.745. The predicted octanol–water partition coefficient (Wildman–Crippen LogP) is 1.71. The summed E-state index contributed by atoms with van der Waals surface area (Å²) in [5.74, 6) is 0.814. The average molecular weight is 245 g/mol. The van der Waals surface area contributed by atoms with Crippen molar-refractivity contribution in [1.29, 1.82) is 0 Å². The van der Waals surface area contributed by atoms with Crippen LogP contribution in [0.15, 0.2) is 30.3 Å². The molecule has 2 bridgehead atoms. The first kappa shape index (κ1) is 11.7. The fourth-order valence-electron chi connectivity index (χ4n) is 3.66. The van der Waals surface area contributed by atoms with Crippen molar-refractivity contribution in [3.63, 3.8) is 0 Å². The summed E-state index contributed by atoms with van der Waals surface area (Å²) in [6, 6.07) is 9.94. The van der Waals surface area contributed by atoms with E-state index in [2.05, 4.69) is 5.32 Å². The predicted molar refractivity (Wildman–Crippen MR) is 68.6 cm³/mol. The number of fused-ring (bicyclic) bond motifs is 1. The third-order valence-corrected chi connectivity index (χ3v) is 4.64. The van der Waals surface area contributed by atoms with Crippen LogP contribution in [0.2, 0.25) is 0 Å². The maximum absolute atomic E-state index is 12.2. The van der Waals surface area contributed by atoms with E-state index in [1.807, 2.05) is 30.3 Å². The smallest absolute Gasteiger partial charge is 0.224 e. The van der Waals surface area contributed by atoms with Crippen molar-refractivity contribution in [1.82, 2.24) is 5.32 Å². The third-order valence-electron chi connectivity index (χ3n) is 4.64. The second-order valence-corrected chi connectivity index (χ2v) is 5.79. The first-order chi connectivity index (χ1) is 8.73. The van der Waals surface area contributed by atoms with Gasteiger partial charge in [-0.3, -0.25) is 4.79 Å². The highest BCUT2D eigenvalue weighted by Crippen LogP contribution is 2.61. The molecule has 3 heteroatoms. The lowest BCUT2D eigenvalue weighted by Crippen LogP contribution is -2.42. The lowest BCUT2D eigenvalue weighted by molar-refractivity contribution is -0.129. The minimum atomic E-state index is -0.0918. The molecule has 4 rings (SSSR count). The van der Waals surface area contributed by atoms with Crippen LogP contribution < -0.4 is 5.32 Å². The van der Waals surface area contributed by atoms with Gasteiger partial charge in [0, 0.05) is 24.5 Å². The highest BCUT2D eigenvalue weighted by Gasteiger charge is 2.59. The quantitative estimate of drug-likeness (QED) is 0.848. The van der Waals surface area contributed by atoms with Gasteiger partial charge in [-0.1, -0.05) is 30.3 Å². The van der Waals surface area contributed by atoms with Crippen molar-refractivity contribution in [2.75, 3.05) is 6.61 Å². The van der Waals surface area contributed by atoms with Crippen LogP contribution in [-0.4, -0.2) is 17.6 Å². The van der Waals surface area contributed by atoms with Crippen molar-refractivity contribution >= 4 is 5.91 Å².